The predicted octanol–water partition coefficient (Wildman–Crippen LogP) is 4.73. The van der Waals surface area contributed by atoms with Gasteiger partial charge in [0.15, 0.2) is 0 Å². The summed E-state index contributed by atoms with van der Waals surface area (Å²) in [6, 6.07) is 18.1. The molecule has 3 rings (SSSR count). The molecule has 0 aliphatic carbocycles. The predicted molar refractivity (Wildman–Crippen MR) is 119 cm³/mol. The maximum atomic E-state index is 12.9. The summed E-state index contributed by atoms with van der Waals surface area (Å²) in [6.07, 6.45) is 0. The first-order valence-electron chi connectivity index (χ1n) is 9.03. The topological polar surface area (TPSA) is 75.7 Å². The van der Waals surface area contributed by atoms with Crippen molar-refractivity contribution in [2.75, 3.05) is 23.8 Å². The van der Waals surface area contributed by atoms with Gasteiger partial charge in [-0.2, -0.15) is 0 Å². The molecular weight excluding hydrogens is 424 g/mol. The van der Waals surface area contributed by atoms with Crippen LogP contribution in [0.3, 0.4) is 0 Å². The van der Waals surface area contributed by atoms with E-state index in [9.17, 15) is 13.2 Å². The van der Waals surface area contributed by atoms with Gasteiger partial charge in [-0.3, -0.25) is 9.10 Å². The number of benzene rings is 3. The van der Waals surface area contributed by atoms with E-state index in [-0.39, 0.29) is 15.5 Å². The van der Waals surface area contributed by atoms with E-state index < -0.39 is 15.9 Å². The summed E-state index contributed by atoms with van der Waals surface area (Å²) < 4.78 is 32.1. The van der Waals surface area contributed by atoms with E-state index in [0.717, 1.165) is 9.87 Å². The second kappa shape index (κ2) is 8.77. The molecule has 0 spiro atoms. The highest BCUT2D eigenvalue weighted by atomic mass is 35.5. The minimum absolute atomic E-state index is 0.130. The second-order valence-corrected chi connectivity index (χ2v) is 8.98. The fourth-order valence-corrected chi connectivity index (χ4v) is 4.28. The number of halogens is 1. The van der Waals surface area contributed by atoms with Crippen molar-refractivity contribution in [1.82, 2.24) is 0 Å². The van der Waals surface area contributed by atoms with Crippen LogP contribution in [0.15, 0.2) is 71.6 Å². The third-order valence-electron chi connectivity index (χ3n) is 4.60. The first kappa shape index (κ1) is 21.7. The highest BCUT2D eigenvalue weighted by molar-refractivity contribution is 7.92. The average molecular weight is 445 g/mol. The molecule has 0 heterocycles. The van der Waals surface area contributed by atoms with Crippen LogP contribution < -0.4 is 14.4 Å². The molecule has 0 aliphatic heterocycles. The molecule has 0 aromatic heterocycles. The first-order chi connectivity index (χ1) is 14.2. The number of sulfonamides is 1. The summed E-state index contributed by atoms with van der Waals surface area (Å²) in [4.78, 5) is 12.8. The normalized spacial score (nSPS) is 11.1. The number of carbonyl (C=O) groups is 1. The van der Waals surface area contributed by atoms with Crippen LogP contribution >= 0.6 is 11.6 Å². The Morgan fingerprint density at radius 2 is 1.70 bits per heavy atom. The van der Waals surface area contributed by atoms with Crippen molar-refractivity contribution in [2.45, 2.75) is 11.8 Å². The number of aryl methyl sites for hydroxylation is 1. The summed E-state index contributed by atoms with van der Waals surface area (Å²) in [5.74, 6) is 0.0858. The lowest BCUT2D eigenvalue weighted by Crippen LogP contribution is -2.26. The van der Waals surface area contributed by atoms with Crippen molar-refractivity contribution in [3.63, 3.8) is 0 Å². The Morgan fingerprint density at radius 3 is 2.33 bits per heavy atom. The molecule has 0 radical (unpaired) electrons. The fourth-order valence-electron chi connectivity index (χ4n) is 2.83. The molecule has 0 atom stereocenters. The number of carbonyl (C=O) groups excluding carboxylic acids is 1. The summed E-state index contributed by atoms with van der Waals surface area (Å²) in [7, 11) is -0.808. The Labute approximate surface area is 181 Å². The highest BCUT2D eigenvalue weighted by Crippen LogP contribution is 2.29. The smallest absolute Gasteiger partial charge is 0.264 e. The number of hydrogen-bond donors (Lipinski definition) is 1. The quantitative estimate of drug-likeness (QED) is 0.596. The molecular formula is C22H21ClN2O4S. The zero-order valence-electron chi connectivity index (χ0n) is 16.7. The summed E-state index contributed by atoms with van der Waals surface area (Å²) in [5, 5.41) is 2.88. The average Bonchev–Trinajstić information content (AvgIpc) is 2.73. The molecule has 3 aromatic rings. The van der Waals surface area contributed by atoms with Crippen LogP contribution in [-0.4, -0.2) is 28.5 Å². The standard InChI is InChI=1S/C22H21ClN2O4S/c1-15-8-11-17(12-9-15)30(27,28)25(2)16-10-13-18(19(23)14-16)22(26)24-20-6-4-5-7-21(20)29-3/h4-14H,1-3H3,(H,24,26). The Bertz CT molecular complexity index is 1180. The van der Waals surface area contributed by atoms with Gasteiger partial charge in [0.05, 0.1) is 34.0 Å². The first-order valence-corrected chi connectivity index (χ1v) is 10.9. The van der Waals surface area contributed by atoms with Gasteiger partial charge < -0.3 is 10.1 Å². The van der Waals surface area contributed by atoms with E-state index >= 15 is 0 Å². The lowest BCUT2D eigenvalue weighted by Gasteiger charge is -2.20. The van der Waals surface area contributed by atoms with Crippen LogP contribution in [0.5, 0.6) is 5.75 Å². The molecule has 3 aromatic carbocycles. The van der Waals surface area contributed by atoms with Crippen molar-refractivity contribution in [2.24, 2.45) is 0 Å². The Hall–Kier alpha value is -3.03. The lowest BCUT2D eigenvalue weighted by atomic mass is 10.2. The van der Waals surface area contributed by atoms with Crippen molar-refractivity contribution in [3.8, 4) is 5.75 Å². The molecule has 0 bridgehead atoms. The van der Waals surface area contributed by atoms with Crippen LogP contribution in [0.25, 0.3) is 0 Å². The third-order valence-corrected chi connectivity index (χ3v) is 6.71. The number of nitrogens with zero attached hydrogens (tertiary/aromatic N) is 1. The van der Waals surface area contributed by atoms with E-state index in [1.807, 2.05) is 6.92 Å². The molecule has 30 heavy (non-hydrogen) atoms. The van der Waals surface area contributed by atoms with Gasteiger partial charge in [0, 0.05) is 7.05 Å². The third kappa shape index (κ3) is 4.42. The maximum Gasteiger partial charge on any atom is 0.264 e. The molecule has 0 saturated carbocycles. The zero-order valence-corrected chi connectivity index (χ0v) is 18.3. The Balaban J connectivity index is 1.85. The number of ether oxygens (including phenoxy) is 1. The van der Waals surface area contributed by atoms with Gasteiger partial charge in [0.1, 0.15) is 5.75 Å². The molecule has 6 nitrogen and oxygen atoms in total. The van der Waals surface area contributed by atoms with Gasteiger partial charge >= 0.3 is 0 Å². The van der Waals surface area contributed by atoms with Crippen LogP contribution in [-0.2, 0) is 10.0 Å². The largest absolute Gasteiger partial charge is 0.495 e. The van der Waals surface area contributed by atoms with Crippen molar-refractivity contribution >= 4 is 38.9 Å². The highest BCUT2D eigenvalue weighted by Gasteiger charge is 2.22. The van der Waals surface area contributed by atoms with Gasteiger partial charge in [-0.25, -0.2) is 8.42 Å². The molecule has 0 aliphatic rings. The second-order valence-electron chi connectivity index (χ2n) is 6.60. The summed E-state index contributed by atoms with van der Waals surface area (Å²) in [5.41, 5.74) is 2.02. The Morgan fingerprint density at radius 1 is 1.03 bits per heavy atom. The number of anilines is 2. The lowest BCUT2D eigenvalue weighted by molar-refractivity contribution is 0.102. The van der Waals surface area contributed by atoms with Gasteiger partial charge in [-0.05, 0) is 49.4 Å². The minimum Gasteiger partial charge on any atom is -0.495 e. The molecule has 1 N–H and O–H groups in total. The molecule has 8 heteroatoms. The van der Waals surface area contributed by atoms with E-state index in [0.29, 0.717) is 17.1 Å². The maximum absolute atomic E-state index is 12.9. The van der Waals surface area contributed by atoms with E-state index in [2.05, 4.69) is 5.32 Å². The van der Waals surface area contributed by atoms with E-state index in [1.165, 1.54) is 32.4 Å². The van der Waals surface area contributed by atoms with Crippen molar-refractivity contribution in [3.05, 3.63) is 82.9 Å². The molecule has 0 fully saturated rings. The van der Waals surface area contributed by atoms with E-state index in [1.54, 1.807) is 48.5 Å². The fraction of sp³-hybridized carbons (Fsp3) is 0.136. The van der Waals surface area contributed by atoms with Crippen LogP contribution in [0, 0.1) is 6.92 Å². The number of amides is 1. The number of hydrogen-bond acceptors (Lipinski definition) is 4. The molecule has 0 saturated heterocycles. The van der Waals surface area contributed by atoms with Crippen molar-refractivity contribution in [1.29, 1.82) is 0 Å². The zero-order chi connectivity index (χ0) is 21.9. The number of para-hydroxylation sites is 2. The van der Waals surface area contributed by atoms with Gasteiger partial charge in [0.25, 0.3) is 15.9 Å². The minimum atomic E-state index is -3.76. The van der Waals surface area contributed by atoms with Crippen LogP contribution in [0.1, 0.15) is 15.9 Å². The van der Waals surface area contributed by atoms with Gasteiger partial charge in [-0.15, -0.1) is 0 Å². The van der Waals surface area contributed by atoms with Gasteiger partial charge in [-0.1, -0.05) is 41.4 Å². The Kier molecular flexibility index (Phi) is 6.34. The van der Waals surface area contributed by atoms with Crippen LogP contribution in [0.4, 0.5) is 11.4 Å². The van der Waals surface area contributed by atoms with Crippen molar-refractivity contribution < 1.29 is 17.9 Å². The van der Waals surface area contributed by atoms with Gasteiger partial charge in [0.2, 0.25) is 0 Å². The summed E-state index contributed by atoms with van der Waals surface area (Å²) in [6.45, 7) is 1.88. The monoisotopic (exact) mass is 444 g/mol. The molecule has 1 amide bonds. The van der Waals surface area contributed by atoms with E-state index in [4.69, 9.17) is 16.3 Å². The number of rotatable bonds is 6. The molecule has 156 valence electrons. The van der Waals surface area contributed by atoms with Crippen LogP contribution in [0.2, 0.25) is 5.02 Å². The molecule has 0 unspecified atom stereocenters. The number of nitrogens with one attached hydrogen (secondary N) is 1. The SMILES string of the molecule is COc1ccccc1NC(=O)c1ccc(N(C)S(=O)(=O)c2ccc(C)cc2)cc1Cl. The number of methoxy groups -OCH3 is 1. The summed E-state index contributed by atoms with van der Waals surface area (Å²) >= 11 is 6.31.